The molecule has 122 valence electrons. The van der Waals surface area contributed by atoms with Gasteiger partial charge in [-0.3, -0.25) is 4.99 Å². The third-order valence-electron chi connectivity index (χ3n) is 4.14. The highest BCUT2D eigenvalue weighted by atomic mass is 127. The van der Waals surface area contributed by atoms with Crippen LogP contribution in [-0.4, -0.2) is 25.2 Å². The molecule has 0 atom stereocenters. The lowest BCUT2D eigenvalue weighted by atomic mass is 9.98. The van der Waals surface area contributed by atoms with E-state index in [0.29, 0.717) is 6.10 Å². The maximum absolute atomic E-state index is 6.05. The molecule has 0 aromatic heterocycles. The number of guanidine groups is 1. The summed E-state index contributed by atoms with van der Waals surface area (Å²) in [7, 11) is 0. The molecule has 2 N–H and O–H groups in total. The van der Waals surface area contributed by atoms with E-state index in [4.69, 9.17) is 4.74 Å². The molecule has 2 aliphatic rings. The number of ether oxygens (including phenoxy) is 1. The maximum atomic E-state index is 6.05. The number of hydrogen-bond donors (Lipinski definition) is 2. The standard InChI is InChI=1S/C17H25N3O.HI/c1-2-5-15(6-3-1)21-16-9-7-14(8-10-16)13-20-17-18-11-4-12-19-17;/h7-10,15H,1-6,11-13H2,(H2,18,19,20);1H. The van der Waals surface area contributed by atoms with Crippen molar-refractivity contribution in [3.63, 3.8) is 0 Å². The molecule has 0 bridgehead atoms. The normalized spacial score (nSPS) is 18.6. The Balaban J connectivity index is 0.00000176. The van der Waals surface area contributed by atoms with Gasteiger partial charge in [-0.2, -0.15) is 0 Å². The first kappa shape index (κ1) is 17.4. The highest BCUT2D eigenvalue weighted by Gasteiger charge is 2.14. The molecule has 0 saturated heterocycles. The van der Waals surface area contributed by atoms with Crippen molar-refractivity contribution in [1.29, 1.82) is 0 Å². The topological polar surface area (TPSA) is 45.6 Å². The molecule has 3 rings (SSSR count). The molecule has 5 heteroatoms. The van der Waals surface area contributed by atoms with Crippen LogP contribution < -0.4 is 15.4 Å². The van der Waals surface area contributed by atoms with Crippen LogP contribution in [0.5, 0.6) is 5.75 Å². The minimum Gasteiger partial charge on any atom is -0.490 e. The molecule has 1 fully saturated rings. The zero-order valence-electron chi connectivity index (χ0n) is 13.0. The van der Waals surface area contributed by atoms with Gasteiger partial charge in [0, 0.05) is 19.6 Å². The maximum Gasteiger partial charge on any atom is 0.191 e. The molecule has 0 unspecified atom stereocenters. The lowest BCUT2D eigenvalue weighted by Crippen LogP contribution is -2.40. The van der Waals surface area contributed by atoms with E-state index in [1.807, 2.05) is 0 Å². The van der Waals surface area contributed by atoms with E-state index in [-0.39, 0.29) is 24.0 Å². The Morgan fingerprint density at radius 3 is 2.55 bits per heavy atom. The van der Waals surface area contributed by atoms with Crippen molar-refractivity contribution < 1.29 is 4.74 Å². The van der Waals surface area contributed by atoms with Crippen LogP contribution in [-0.2, 0) is 6.54 Å². The van der Waals surface area contributed by atoms with Gasteiger partial charge in [-0.25, -0.2) is 0 Å². The van der Waals surface area contributed by atoms with E-state index < -0.39 is 0 Å². The summed E-state index contributed by atoms with van der Waals surface area (Å²) in [6.45, 7) is 2.74. The Morgan fingerprint density at radius 1 is 1.09 bits per heavy atom. The summed E-state index contributed by atoms with van der Waals surface area (Å²) >= 11 is 0. The van der Waals surface area contributed by atoms with Crippen molar-refractivity contribution in [3.05, 3.63) is 29.8 Å². The molecule has 22 heavy (non-hydrogen) atoms. The van der Waals surface area contributed by atoms with Gasteiger partial charge in [0.15, 0.2) is 5.96 Å². The molecular formula is C17H26IN3O. The number of aliphatic imine (C=N–C) groups is 1. The van der Waals surface area contributed by atoms with Crippen molar-refractivity contribution >= 4 is 29.9 Å². The Hall–Kier alpha value is -0.980. The molecule has 0 amide bonds. The molecule has 1 aromatic rings. The summed E-state index contributed by atoms with van der Waals surface area (Å²) in [5.74, 6) is 1.92. The quantitative estimate of drug-likeness (QED) is 0.741. The Bertz CT molecular complexity index is 469. The zero-order chi connectivity index (χ0) is 14.3. The van der Waals surface area contributed by atoms with Crippen LogP contribution in [0.3, 0.4) is 0 Å². The Morgan fingerprint density at radius 2 is 1.86 bits per heavy atom. The Kier molecular flexibility index (Phi) is 7.29. The van der Waals surface area contributed by atoms with Gasteiger partial charge in [0.25, 0.3) is 0 Å². The van der Waals surface area contributed by atoms with E-state index in [2.05, 4.69) is 39.9 Å². The molecule has 0 radical (unpaired) electrons. The van der Waals surface area contributed by atoms with Gasteiger partial charge in [-0.15, -0.1) is 24.0 Å². The molecule has 1 aliphatic carbocycles. The van der Waals surface area contributed by atoms with Gasteiger partial charge in [0.2, 0.25) is 0 Å². The molecule has 4 nitrogen and oxygen atoms in total. The molecule has 1 saturated carbocycles. The SMILES string of the molecule is I.c1cc(OC2CCCCC2)ccc1CNC1=NCCCN1. The van der Waals surface area contributed by atoms with Crippen molar-refractivity contribution in [3.8, 4) is 5.75 Å². The second-order valence-electron chi connectivity index (χ2n) is 5.89. The van der Waals surface area contributed by atoms with Crippen molar-refractivity contribution in [2.75, 3.05) is 13.1 Å². The van der Waals surface area contributed by atoms with E-state index >= 15 is 0 Å². The molecule has 1 aliphatic heterocycles. The van der Waals surface area contributed by atoms with Crippen LogP contribution >= 0.6 is 24.0 Å². The monoisotopic (exact) mass is 415 g/mol. The number of rotatable bonds is 4. The van der Waals surface area contributed by atoms with Crippen LogP contribution in [0, 0.1) is 0 Å². The van der Waals surface area contributed by atoms with Gasteiger partial charge in [0.1, 0.15) is 5.75 Å². The summed E-state index contributed by atoms with van der Waals surface area (Å²) in [5.41, 5.74) is 1.25. The third kappa shape index (κ3) is 5.34. The number of halogens is 1. The van der Waals surface area contributed by atoms with E-state index in [9.17, 15) is 0 Å². The van der Waals surface area contributed by atoms with Crippen molar-refractivity contribution in [1.82, 2.24) is 10.6 Å². The summed E-state index contributed by atoms with van der Waals surface area (Å²) in [5, 5.41) is 6.61. The zero-order valence-corrected chi connectivity index (χ0v) is 15.3. The van der Waals surface area contributed by atoms with Gasteiger partial charge < -0.3 is 15.4 Å². The minimum atomic E-state index is 0. The molecular weight excluding hydrogens is 389 g/mol. The summed E-state index contributed by atoms with van der Waals surface area (Å²) < 4.78 is 6.05. The second-order valence-corrected chi connectivity index (χ2v) is 5.89. The fraction of sp³-hybridized carbons (Fsp3) is 0.588. The van der Waals surface area contributed by atoms with Gasteiger partial charge in [-0.05, 0) is 49.8 Å². The smallest absolute Gasteiger partial charge is 0.191 e. The van der Waals surface area contributed by atoms with Crippen LogP contribution in [0.2, 0.25) is 0 Å². The van der Waals surface area contributed by atoms with Crippen molar-refractivity contribution in [2.45, 2.75) is 51.2 Å². The number of nitrogens with zero attached hydrogens (tertiary/aromatic N) is 1. The number of nitrogens with one attached hydrogen (secondary N) is 2. The van der Waals surface area contributed by atoms with Crippen LogP contribution in [0.4, 0.5) is 0 Å². The average Bonchev–Trinajstić information content (AvgIpc) is 2.56. The van der Waals surface area contributed by atoms with Crippen LogP contribution in [0.25, 0.3) is 0 Å². The highest BCUT2D eigenvalue weighted by Crippen LogP contribution is 2.23. The predicted octanol–water partition coefficient (Wildman–Crippen LogP) is 3.46. The van der Waals surface area contributed by atoms with Gasteiger partial charge in [0.05, 0.1) is 6.10 Å². The summed E-state index contributed by atoms with van der Waals surface area (Å²) in [6, 6.07) is 8.44. The highest BCUT2D eigenvalue weighted by molar-refractivity contribution is 14.0. The minimum absolute atomic E-state index is 0. The molecule has 0 spiro atoms. The third-order valence-corrected chi connectivity index (χ3v) is 4.14. The second kappa shape index (κ2) is 9.22. The predicted molar refractivity (Wildman–Crippen MR) is 101 cm³/mol. The fourth-order valence-electron chi connectivity index (χ4n) is 2.90. The van der Waals surface area contributed by atoms with Gasteiger partial charge in [-0.1, -0.05) is 18.6 Å². The van der Waals surface area contributed by atoms with E-state index in [1.165, 1.54) is 37.7 Å². The van der Waals surface area contributed by atoms with E-state index in [1.54, 1.807) is 0 Å². The first-order chi connectivity index (χ1) is 10.4. The Labute approximate surface area is 150 Å². The van der Waals surface area contributed by atoms with Gasteiger partial charge >= 0.3 is 0 Å². The number of benzene rings is 1. The molecule has 1 heterocycles. The summed E-state index contributed by atoms with van der Waals surface area (Å²) in [6.07, 6.45) is 7.93. The van der Waals surface area contributed by atoms with Crippen molar-refractivity contribution in [2.24, 2.45) is 4.99 Å². The first-order valence-electron chi connectivity index (χ1n) is 8.18. The van der Waals surface area contributed by atoms with Crippen LogP contribution in [0.15, 0.2) is 29.3 Å². The largest absolute Gasteiger partial charge is 0.490 e. The first-order valence-corrected chi connectivity index (χ1v) is 8.18. The van der Waals surface area contributed by atoms with E-state index in [0.717, 1.165) is 37.8 Å². The fourth-order valence-corrected chi connectivity index (χ4v) is 2.90. The average molecular weight is 415 g/mol. The van der Waals surface area contributed by atoms with Crippen LogP contribution in [0.1, 0.15) is 44.1 Å². The lowest BCUT2D eigenvalue weighted by molar-refractivity contribution is 0.155. The lowest BCUT2D eigenvalue weighted by Gasteiger charge is -2.23. The summed E-state index contributed by atoms with van der Waals surface area (Å²) in [4.78, 5) is 4.41. The molecule has 1 aromatic carbocycles. The number of hydrogen-bond acceptors (Lipinski definition) is 4.